The number of amides is 1. The van der Waals surface area contributed by atoms with Gasteiger partial charge in [0.05, 0.1) is 19.3 Å². The van der Waals surface area contributed by atoms with Crippen LogP contribution in [0.3, 0.4) is 0 Å². The second kappa shape index (κ2) is 16.0. The molecule has 18 nitrogen and oxygen atoms in total. The molecular formula is C21H27N4O14P3S2. The summed E-state index contributed by atoms with van der Waals surface area (Å²) in [5, 5.41) is 13.7. The third-order valence-corrected chi connectivity index (χ3v) is 11.6. The van der Waals surface area contributed by atoms with E-state index >= 15 is 0 Å². The Labute approximate surface area is 257 Å². The Morgan fingerprint density at radius 2 is 1.98 bits per heavy atom. The Balaban J connectivity index is 1.52. The van der Waals surface area contributed by atoms with E-state index < -0.39 is 59.5 Å². The number of ether oxygens (including phenoxy) is 1. The number of aromatic amines is 1. The highest BCUT2D eigenvalue weighted by Gasteiger charge is 2.42. The van der Waals surface area contributed by atoms with E-state index in [0.29, 0.717) is 12.4 Å². The van der Waals surface area contributed by atoms with Crippen molar-refractivity contribution >= 4 is 50.7 Å². The number of carbonyl (C=O) groups excluding carboxylic acids is 1. The van der Waals surface area contributed by atoms with Crippen molar-refractivity contribution in [3.63, 3.8) is 0 Å². The maximum absolute atomic E-state index is 12.4. The van der Waals surface area contributed by atoms with Gasteiger partial charge in [-0.15, -0.1) is 0 Å². The highest BCUT2D eigenvalue weighted by molar-refractivity contribution is 8.76. The molecule has 0 saturated carbocycles. The molecule has 0 aliphatic carbocycles. The van der Waals surface area contributed by atoms with Crippen molar-refractivity contribution in [3.05, 3.63) is 57.0 Å². The first-order valence-corrected chi connectivity index (χ1v) is 19.6. The van der Waals surface area contributed by atoms with Crippen LogP contribution in [0.1, 0.15) is 24.6 Å². The molecular weight excluding hydrogens is 689 g/mol. The number of hydrogen-bond donors (Lipinski definition) is 6. The number of phosphoric acid groups is 2. The lowest BCUT2D eigenvalue weighted by Gasteiger charge is -2.19. The fourth-order valence-corrected chi connectivity index (χ4v) is 8.71. The monoisotopic (exact) mass is 716 g/mol. The molecule has 6 N–H and O–H groups in total. The average molecular weight is 717 g/mol. The van der Waals surface area contributed by atoms with Crippen LogP contribution in [0.5, 0.6) is 0 Å². The third-order valence-electron chi connectivity index (χ3n) is 5.14. The number of nitrogens with zero attached hydrogens (tertiary/aromatic N) is 2. The maximum Gasteiger partial charge on any atom is 0.488 e. The summed E-state index contributed by atoms with van der Waals surface area (Å²) < 4.78 is 53.5. The third kappa shape index (κ3) is 12.4. The predicted molar refractivity (Wildman–Crippen MR) is 156 cm³/mol. The van der Waals surface area contributed by atoms with Gasteiger partial charge >= 0.3 is 28.9 Å². The molecule has 6 unspecified atom stereocenters. The highest BCUT2D eigenvalue weighted by Crippen LogP contribution is 2.66. The Morgan fingerprint density at radius 3 is 2.66 bits per heavy atom. The fraction of sp³-hybridized carbons (Fsp3) is 0.429. The topological polar surface area (TPSA) is 266 Å². The van der Waals surface area contributed by atoms with Crippen LogP contribution in [0.4, 0.5) is 0 Å². The summed E-state index contributed by atoms with van der Waals surface area (Å²) in [5.74, 6) is 5.40. The zero-order chi connectivity index (χ0) is 32.5. The summed E-state index contributed by atoms with van der Waals surface area (Å²) in [5.41, 5.74) is -1.90. The molecule has 1 fully saturated rings. The van der Waals surface area contributed by atoms with E-state index in [9.17, 15) is 43.0 Å². The van der Waals surface area contributed by atoms with E-state index in [1.807, 2.05) is 12.1 Å². The average Bonchev–Trinajstić information content (AvgIpc) is 3.27. The zero-order valence-corrected chi connectivity index (χ0v) is 26.9. The molecule has 23 heteroatoms. The van der Waals surface area contributed by atoms with Gasteiger partial charge in [-0.05, 0) is 22.9 Å². The van der Waals surface area contributed by atoms with E-state index in [4.69, 9.17) is 9.63 Å². The number of pyridine rings is 1. The Bertz CT molecular complexity index is 1640. The summed E-state index contributed by atoms with van der Waals surface area (Å²) in [4.78, 5) is 70.9. The van der Waals surface area contributed by atoms with Crippen LogP contribution in [-0.4, -0.2) is 78.0 Å². The largest absolute Gasteiger partial charge is 0.488 e. The Hall–Kier alpha value is -2.07. The molecule has 0 aromatic carbocycles. The van der Waals surface area contributed by atoms with Crippen LogP contribution in [-0.2, 0) is 36.4 Å². The van der Waals surface area contributed by atoms with Crippen molar-refractivity contribution in [2.75, 3.05) is 25.6 Å². The molecule has 1 aliphatic rings. The van der Waals surface area contributed by atoms with E-state index in [1.165, 1.54) is 21.6 Å². The van der Waals surface area contributed by atoms with Gasteiger partial charge in [0.25, 0.3) is 5.56 Å². The van der Waals surface area contributed by atoms with Gasteiger partial charge in [-0.2, -0.15) is 4.31 Å². The number of nitrogens with one attached hydrogen (secondary N) is 2. The molecule has 1 saturated heterocycles. The van der Waals surface area contributed by atoms with Gasteiger partial charge in [-0.3, -0.25) is 28.2 Å². The molecule has 3 heterocycles. The molecule has 44 heavy (non-hydrogen) atoms. The molecule has 1 aliphatic heterocycles. The van der Waals surface area contributed by atoms with Crippen molar-refractivity contribution in [2.45, 2.75) is 36.3 Å². The fourth-order valence-electron chi connectivity index (χ4n) is 3.36. The molecule has 2 aromatic rings. The number of aromatic nitrogens is 3. The Morgan fingerprint density at radius 1 is 1.23 bits per heavy atom. The Kier molecular flexibility index (Phi) is 13.2. The van der Waals surface area contributed by atoms with Gasteiger partial charge in [0.1, 0.15) is 22.9 Å². The minimum atomic E-state index is -5.50. The van der Waals surface area contributed by atoms with E-state index in [-0.39, 0.29) is 30.9 Å². The summed E-state index contributed by atoms with van der Waals surface area (Å²) in [6.45, 7) is -0.443. The van der Waals surface area contributed by atoms with Crippen molar-refractivity contribution in [2.24, 2.45) is 0 Å². The molecule has 3 rings (SSSR count). The maximum atomic E-state index is 12.4. The molecule has 0 bridgehead atoms. The first-order valence-electron chi connectivity index (χ1n) is 12.2. The van der Waals surface area contributed by atoms with Gasteiger partial charge in [-0.25, -0.2) is 23.2 Å². The van der Waals surface area contributed by atoms with E-state index in [2.05, 4.69) is 40.3 Å². The second-order valence-electron chi connectivity index (χ2n) is 8.74. The number of H-pyrrole nitrogens is 1. The molecule has 1 amide bonds. The van der Waals surface area contributed by atoms with Gasteiger partial charge in [0.15, 0.2) is 0 Å². The summed E-state index contributed by atoms with van der Waals surface area (Å²) >= 11 is 0. The smallest absolute Gasteiger partial charge is 0.390 e. The summed E-state index contributed by atoms with van der Waals surface area (Å²) in [7, 11) is -12.6. The minimum Gasteiger partial charge on any atom is -0.390 e. The quantitative estimate of drug-likeness (QED) is 0.0687. The van der Waals surface area contributed by atoms with Crippen LogP contribution in [0, 0.1) is 11.8 Å². The second-order valence-corrected chi connectivity index (χ2v) is 16.2. The van der Waals surface area contributed by atoms with Crippen molar-refractivity contribution in [1.29, 1.82) is 0 Å². The van der Waals surface area contributed by atoms with Crippen molar-refractivity contribution < 1.29 is 56.2 Å². The van der Waals surface area contributed by atoms with Gasteiger partial charge in [-0.1, -0.05) is 28.7 Å². The van der Waals surface area contributed by atoms with E-state index in [1.54, 1.807) is 12.3 Å². The van der Waals surface area contributed by atoms with Crippen LogP contribution in [0.25, 0.3) is 0 Å². The van der Waals surface area contributed by atoms with Crippen molar-refractivity contribution in [3.8, 4) is 11.8 Å². The number of hydrogen-bond acceptors (Lipinski definition) is 14. The van der Waals surface area contributed by atoms with Crippen molar-refractivity contribution in [1.82, 2.24) is 19.9 Å². The summed E-state index contributed by atoms with van der Waals surface area (Å²) in [6.07, 6.45) is -1.23. The standard InChI is InChI=1S/C21H27N4O14P3S2/c1-40(30,31)38-42(34,35)39-41(32,33)36-13-16-15(26)11-19(37-16)25-12-14(20(28)24-21(25)29)5-4-9-22-17(27)7-10-43-44-18-6-2-3-8-23-18/h2-3,6,8,12,15-16,19,26H,7,9-11,13H2,1H3,(H,22,27)(H,30,31)(H,32,33)(H,34,35)(H,24,28,29). The van der Waals surface area contributed by atoms with Gasteiger partial charge < -0.3 is 29.8 Å². The van der Waals surface area contributed by atoms with Gasteiger partial charge in [0.2, 0.25) is 5.91 Å². The lowest BCUT2D eigenvalue weighted by atomic mass is 10.2. The first-order chi connectivity index (χ1) is 20.5. The van der Waals surface area contributed by atoms with Gasteiger partial charge in [0, 0.05) is 37.7 Å². The lowest BCUT2D eigenvalue weighted by molar-refractivity contribution is -0.120. The van der Waals surface area contributed by atoms with Crippen LogP contribution < -0.4 is 16.6 Å². The predicted octanol–water partition coefficient (Wildman–Crippen LogP) is 0.944. The van der Waals surface area contributed by atoms with Crippen LogP contribution >= 0.6 is 44.8 Å². The molecule has 0 radical (unpaired) electrons. The van der Waals surface area contributed by atoms with Crippen LogP contribution in [0.2, 0.25) is 0 Å². The molecule has 6 atom stereocenters. The number of phosphoric ester groups is 1. The minimum absolute atomic E-state index is 0.0866. The molecule has 242 valence electrons. The number of carbonyl (C=O) groups is 1. The highest BCUT2D eigenvalue weighted by atomic mass is 33.1. The number of aliphatic hydroxyl groups excluding tert-OH is 1. The summed E-state index contributed by atoms with van der Waals surface area (Å²) in [6, 6.07) is 5.51. The zero-order valence-electron chi connectivity index (χ0n) is 22.6. The van der Waals surface area contributed by atoms with E-state index in [0.717, 1.165) is 15.8 Å². The first kappa shape index (κ1) is 36.4. The lowest BCUT2D eigenvalue weighted by Crippen LogP contribution is -2.34. The SMILES string of the molecule is CP(=O)(O)OP(=O)(O)OP(=O)(O)OCC1OC(n2cc(C#CCNC(=O)CCSSc3ccccn3)c(=O)[nH]c2=O)CC1O. The molecule has 2 aromatic heterocycles. The number of aliphatic hydroxyl groups is 1. The normalized spacial score (nSPS) is 22.2. The molecule has 0 spiro atoms. The van der Waals surface area contributed by atoms with Crippen LogP contribution in [0.15, 0.2) is 45.2 Å². The number of rotatable bonds is 14.